The molecule has 2 heterocycles. The van der Waals surface area contributed by atoms with E-state index >= 15 is 0 Å². The molecule has 0 unspecified atom stereocenters. The molecule has 0 aliphatic heterocycles. The Kier molecular flexibility index (Phi) is 3.25. The maximum atomic E-state index is 4.51. The minimum atomic E-state index is 0.812. The van der Waals surface area contributed by atoms with Crippen molar-refractivity contribution in [1.29, 1.82) is 0 Å². The van der Waals surface area contributed by atoms with E-state index in [1.54, 1.807) is 0 Å². The Bertz CT molecular complexity index is 687. The van der Waals surface area contributed by atoms with Gasteiger partial charge in [0.15, 0.2) is 0 Å². The molecule has 0 fully saturated rings. The zero-order valence-corrected chi connectivity index (χ0v) is 10.9. The molecule has 96 valence electrons. The molecule has 1 N–H and O–H groups in total. The molecule has 19 heavy (non-hydrogen) atoms. The van der Waals surface area contributed by atoms with E-state index in [-0.39, 0.29) is 0 Å². The molecule has 0 saturated carbocycles. The fraction of sp³-hybridized carbons (Fsp3) is 0.200. The normalized spacial score (nSPS) is 11.0. The van der Waals surface area contributed by atoms with Gasteiger partial charge in [-0.1, -0.05) is 25.1 Å². The number of nitrogens with zero attached hydrogens (tertiary/aromatic N) is 3. The lowest BCUT2D eigenvalue weighted by atomic mass is 10.2. The predicted molar refractivity (Wildman–Crippen MR) is 76.2 cm³/mol. The molecule has 0 atom stereocenters. The largest absolute Gasteiger partial charge is 0.313 e. The summed E-state index contributed by atoms with van der Waals surface area (Å²) in [6, 6.07) is 12.2. The van der Waals surface area contributed by atoms with Crippen molar-refractivity contribution in [1.82, 2.24) is 19.9 Å². The number of hydrogen-bond acceptors (Lipinski definition) is 3. The third-order valence-electron chi connectivity index (χ3n) is 3.11. The number of rotatable bonds is 4. The molecule has 3 rings (SSSR count). The highest BCUT2D eigenvalue weighted by atomic mass is 15.1. The van der Waals surface area contributed by atoms with Gasteiger partial charge >= 0.3 is 0 Å². The monoisotopic (exact) mass is 252 g/mol. The van der Waals surface area contributed by atoms with Crippen molar-refractivity contribution in [3.63, 3.8) is 0 Å². The lowest BCUT2D eigenvalue weighted by Crippen LogP contribution is -2.14. The molecule has 0 radical (unpaired) electrons. The maximum absolute atomic E-state index is 4.51. The van der Waals surface area contributed by atoms with Crippen LogP contribution in [-0.2, 0) is 6.54 Å². The summed E-state index contributed by atoms with van der Waals surface area (Å²) in [6.45, 7) is 3.86. The average molecular weight is 252 g/mol. The summed E-state index contributed by atoms with van der Waals surface area (Å²) in [5.41, 5.74) is 3.24. The van der Waals surface area contributed by atoms with E-state index in [1.807, 2.05) is 41.4 Å². The summed E-state index contributed by atoms with van der Waals surface area (Å²) in [5, 5.41) is 3.34. The van der Waals surface area contributed by atoms with E-state index in [9.17, 15) is 0 Å². The van der Waals surface area contributed by atoms with Crippen LogP contribution >= 0.6 is 0 Å². The number of benzene rings is 1. The Balaban J connectivity index is 2.11. The Morgan fingerprint density at radius 3 is 2.89 bits per heavy atom. The highest BCUT2D eigenvalue weighted by molar-refractivity contribution is 5.77. The average Bonchev–Trinajstić information content (AvgIpc) is 2.89. The fourth-order valence-electron chi connectivity index (χ4n) is 2.17. The van der Waals surface area contributed by atoms with Gasteiger partial charge in [0, 0.05) is 18.3 Å². The fourth-order valence-corrected chi connectivity index (χ4v) is 2.17. The molecule has 4 nitrogen and oxygen atoms in total. The SMILES string of the molecule is CCNCc1cccnc1-n1cnc2ccccc21. The van der Waals surface area contributed by atoms with Crippen molar-refractivity contribution in [2.45, 2.75) is 13.5 Å². The zero-order chi connectivity index (χ0) is 13.1. The predicted octanol–water partition coefficient (Wildman–Crippen LogP) is 2.53. The quantitative estimate of drug-likeness (QED) is 0.776. The first kappa shape index (κ1) is 11.9. The summed E-state index contributed by atoms with van der Waals surface area (Å²) in [7, 11) is 0. The second-order valence-corrected chi connectivity index (χ2v) is 4.37. The number of imidazole rings is 1. The van der Waals surface area contributed by atoms with Crippen LogP contribution in [0.4, 0.5) is 0 Å². The Morgan fingerprint density at radius 2 is 2.00 bits per heavy atom. The van der Waals surface area contributed by atoms with Gasteiger partial charge in [0.1, 0.15) is 12.1 Å². The molecule has 3 aromatic rings. The van der Waals surface area contributed by atoms with Crippen LogP contribution in [-0.4, -0.2) is 21.1 Å². The van der Waals surface area contributed by atoms with Crippen LogP contribution in [0, 0.1) is 0 Å². The molecule has 0 spiro atoms. The second kappa shape index (κ2) is 5.20. The lowest BCUT2D eigenvalue weighted by Gasteiger charge is -2.10. The van der Waals surface area contributed by atoms with E-state index in [0.29, 0.717) is 0 Å². The van der Waals surface area contributed by atoms with Gasteiger partial charge in [0.2, 0.25) is 0 Å². The highest BCUT2D eigenvalue weighted by Crippen LogP contribution is 2.18. The molecule has 4 heteroatoms. The molecule has 0 saturated heterocycles. The van der Waals surface area contributed by atoms with Crippen molar-refractivity contribution < 1.29 is 0 Å². The van der Waals surface area contributed by atoms with Crippen LogP contribution in [0.25, 0.3) is 16.9 Å². The maximum Gasteiger partial charge on any atom is 0.142 e. The first-order valence-electron chi connectivity index (χ1n) is 6.47. The first-order valence-corrected chi connectivity index (χ1v) is 6.47. The van der Waals surface area contributed by atoms with E-state index < -0.39 is 0 Å². The number of pyridine rings is 1. The van der Waals surface area contributed by atoms with Gasteiger partial charge in [0.25, 0.3) is 0 Å². The van der Waals surface area contributed by atoms with Crippen LogP contribution in [0.3, 0.4) is 0 Å². The summed E-state index contributed by atoms with van der Waals surface area (Å²) in [6.07, 6.45) is 3.65. The van der Waals surface area contributed by atoms with Crippen LogP contribution in [0.1, 0.15) is 12.5 Å². The van der Waals surface area contributed by atoms with Gasteiger partial charge in [-0.3, -0.25) is 4.57 Å². The van der Waals surface area contributed by atoms with Gasteiger partial charge in [-0.2, -0.15) is 0 Å². The molecule has 0 amide bonds. The Morgan fingerprint density at radius 1 is 1.11 bits per heavy atom. The standard InChI is InChI=1S/C15H16N4/c1-2-16-10-12-6-5-9-17-15(12)19-11-18-13-7-3-4-8-14(13)19/h3-9,11,16H,2,10H2,1H3. The highest BCUT2D eigenvalue weighted by Gasteiger charge is 2.08. The van der Waals surface area contributed by atoms with Crippen LogP contribution in [0.5, 0.6) is 0 Å². The third-order valence-corrected chi connectivity index (χ3v) is 3.11. The van der Waals surface area contributed by atoms with Crippen LogP contribution < -0.4 is 5.32 Å². The van der Waals surface area contributed by atoms with Crippen molar-refractivity contribution >= 4 is 11.0 Å². The number of aromatic nitrogens is 3. The number of para-hydroxylation sites is 2. The lowest BCUT2D eigenvalue weighted by molar-refractivity contribution is 0.719. The van der Waals surface area contributed by atoms with Crippen molar-refractivity contribution in [2.75, 3.05) is 6.54 Å². The summed E-state index contributed by atoms with van der Waals surface area (Å²) in [5.74, 6) is 0.942. The van der Waals surface area contributed by atoms with Crippen LogP contribution in [0.2, 0.25) is 0 Å². The van der Waals surface area contributed by atoms with Gasteiger partial charge in [0.05, 0.1) is 11.0 Å². The van der Waals surface area contributed by atoms with Crippen LogP contribution in [0.15, 0.2) is 48.9 Å². The minimum Gasteiger partial charge on any atom is -0.313 e. The molecule has 1 aromatic carbocycles. The molecule has 0 bridgehead atoms. The molecular formula is C15H16N4. The van der Waals surface area contributed by atoms with Crippen molar-refractivity contribution in [3.05, 3.63) is 54.5 Å². The van der Waals surface area contributed by atoms with E-state index in [1.165, 1.54) is 5.56 Å². The number of hydrogen-bond donors (Lipinski definition) is 1. The third kappa shape index (κ3) is 2.22. The molecule has 2 aromatic heterocycles. The number of nitrogens with one attached hydrogen (secondary N) is 1. The summed E-state index contributed by atoms with van der Waals surface area (Å²) in [4.78, 5) is 8.93. The van der Waals surface area contributed by atoms with Gasteiger partial charge in [-0.25, -0.2) is 9.97 Å². The molecular weight excluding hydrogens is 236 g/mol. The van der Waals surface area contributed by atoms with E-state index in [2.05, 4.69) is 34.3 Å². The zero-order valence-electron chi connectivity index (χ0n) is 10.9. The van der Waals surface area contributed by atoms with Gasteiger partial charge < -0.3 is 5.32 Å². The Hall–Kier alpha value is -2.20. The topological polar surface area (TPSA) is 42.7 Å². The van der Waals surface area contributed by atoms with Gasteiger partial charge in [-0.05, 0) is 24.7 Å². The number of fused-ring (bicyclic) bond motifs is 1. The molecule has 0 aliphatic carbocycles. The second-order valence-electron chi connectivity index (χ2n) is 4.37. The van der Waals surface area contributed by atoms with E-state index in [0.717, 1.165) is 29.9 Å². The first-order chi connectivity index (χ1) is 9.40. The van der Waals surface area contributed by atoms with Crippen molar-refractivity contribution in [2.24, 2.45) is 0 Å². The van der Waals surface area contributed by atoms with E-state index in [4.69, 9.17) is 0 Å². The summed E-state index contributed by atoms with van der Waals surface area (Å²) >= 11 is 0. The van der Waals surface area contributed by atoms with Crippen molar-refractivity contribution in [3.8, 4) is 5.82 Å². The smallest absolute Gasteiger partial charge is 0.142 e. The van der Waals surface area contributed by atoms with Gasteiger partial charge in [-0.15, -0.1) is 0 Å². The summed E-state index contributed by atoms with van der Waals surface area (Å²) < 4.78 is 2.04. The molecule has 0 aliphatic rings. The Labute approximate surface area is 112 Å². The minimum absolute atomic E-state index is 0.812.